The molecule has 48 heavy (non-hydrogen) atoms. The van der Waals surface area contributed by atoms with E-state index in [9.17, 15) is 54.0 Å². The van der Waals surface area contributed by atoms with E-state index in [1.165, 1.54) is 61.2 Å². The third kappa shape index (κ3) is 12.1. The van der Waals surface area contributed by atoms with Gasteiger partial charge in [-0.3, -0.25) is 28.9 Å². The molecule has 0 aliphatic heterocycles. The molecule has 2 aromatic rings. The number of hydrogen-bond donors (Lipinski definition) is 6. The standard InChI is InChI=1S/C33H41N3O11S/c1-20(38)35-26(29(40)34-14-6-5-7-24(39)19-23(31(42)43)13-16-48-2)18-21-10-11-27(22(17-21)12-15-37)36(30(41)33(46)47)28-9-4-3-8-25(28)32(44)45/h3-4,8-11,17,23,26,37H,5-7,12-16,18-19H2,1-2H3,(H,34,40)(H,35,38)(H,42,43)(H,44,45)(H,46,47)/t23-,26?/m1/s1. The van der Waals surface area contributed by atoms with Crippen LogP contribution in [0.2, 0.25) is 0 Å². The molecule has 15 heteroatoms. The van der Waals surface area contributed by atoms with E-state index in [0.29, 0.717) is 30.6 Å². The van der Waals surface area contributed by atoms with Crippen LogP contribution in [0, 0.1) is 5.92 Å². The molecule has 2 atom stereocenters. The number of aliphatic hydroxyl groups is 1. The van der Waals surface area contributed by atoms with E-state index in [0.717, 1.165) is 4.90 Å². The second-order valence-electron chi connectivity index (χ2n) is 11.0. The van der Waals surface area contributed by atoms with Crippen LogP contribution in [0.15, 0.2) is 42.5 Å². The first kappa shape index (κ1) is 39.4. The van der Waals surface area contributed by atoms with Crippen molar-refractivity contribution in [1.29, 1.82) is 0 Å². The number of aliphatic hydroxyl groups excluding tert-OH is 1. The van der Waals surface area contributed by atoms with E-state index < -0.39 is 54.2 Å². The van der Waals surface area contributed by atoms with Crippen molar-refractivity contribution in [3.05, 3.63) is 59.2 Å². The van der Waals surface area contributed by atoms with Crippen molar-refractivity contribution in [2.24, 2.45) is 5.92 Å². The Balaban J connectivity index is 2.20. The van der Waals surface area contributed by atoms with Crippen molar-refractivity contribution in [3.63, 3.8) is 0 Å². The van der Waals surface area contributed by atoms with Crippen LogP contribution >= 0.6 is 11.8 Å². The molecule has 0 fully saturated rings. The van der Waals surface area contributed by atoms with Gasteiger partial charge in [-0.05, 0) is 67.0 Å². The highest BCUT2D eigenvalue weighted by molar-refractivity contribution is 7.98. The van der Waals surface area contributed by atoms with Gasteiger partial charge in [0.05, 0.1) is 22.9 Å². The van der Waals surface area contributed by atoms with Gasteiger partial charge < -0.3 is 31.1 Å². The minimum atomic E-state index is -1.84. The number of thioether (sulfide) groups is 1. The Kier molecular flexibility index (Phi) is 16.3. The van der Waals surface area contributed by atoms with E-state index in [1.54, 1.807) is 0 Å². The molecule has 0 aliphatic carbocycles. The number of carboxylic acids is 3. The lowest BCUT2D eigenvalue weighted by molar-refractivity contribution is -0.148. The fourth-order valence-electron chi connectivity index (χ4n) is 5.02. The molecule has 0 spiro atoms. The number of carbonyl (C=O) groups excluding carboxylic acids is 4. The highest BCUT2D eigenvalue weighted by Crippen LogP contribution is 2.33. The lowest BCUT2D eigenvalue weighted by Crippen LogP contribution is -2.47. The Hall–Kier alpha value is -4.76. The number of Topliss-reactive ketones (excluding diaryl/α,β-unsaturated/α-hetero) is 1. The third-order valence-electron chi connectivity index (χ3n) is 7.34. The number of ketones is 1. The first-order chi connectivity index (χ1) is 22.8. The molecule has 0 heterocycles. The quantitative estimate of drug-likeness (QED) is 0.0871. The zero-order valence-corrected chi connectivity index (χ0v) is 27.6. The maximum atomic E-state index is 13.1. The Bertz CT molecular complexity index is 1500. The highest BCUT2D eigenvalue weighted by Gasteiger charge is 2.30. The van der Waals surface area contributed by atoms with E-state index >= 15 is 0 Å². The summed E-state index contributed by atoms with van der Waals surface area (Å²) < 4.78 is 0. The topological polar surface area (TPSA) is 228 Å². The summed E-state index contributed by atoms with van der Waals surface area (Å²) in [6.07, 6.45) is 3.20. The molecular weight excluding hydrogens is 646 g/mol. The monoisotopic (exact) mass is 687 g/mol. The summed E-state index contributed by atoms with van der Waals surface area (Å²) in [6.45, 7) is 1.03. The minimum absolute atomic E-state index is 0.0166. The Morgan fingerprint density at radius 2 is 1.65 bits per heavy atom. The third-order valence-corrected chi connectivity index (χ3v) is 7.98. The zero-order chi connectivity index (χ0) is 35.8. The van der Waals surface area contributed by atoms with E-state index in [4.69, 9.17) is 0 Å². The molecular formula is C33H41N3O11S. The van der Waals surface area contributed by atoms with Gasteiger partial charge in [0.25, 0.3) is 0 Å². The van der Waals surface area contributed by atoms with Gasteiger partial charge in [0.1, 0.15) is 11.8 Å². The zero-order valence-electron chi connectivity index (χ0n) is 26.8. The van der Waals surface area contributed by atoms with Gasteiger partial charge in [0.2, 0.25) is 11.8 Å². The average Bonchev–Trinajstić information content (AvgIpc) is 3.03. The van der Waals surface area contributed by atoms with E-state index in [2.05, 4.69) is 10.6 Å². The van der Waals surface area contributed by atoms with Crippen LogP contribution in [-0.2, 0) is 41.6 Å². The molecule has 260 valence electrons. The number of unbranched alkanes of at least 4 members (excludes halogenated alkanes) is 1. The summed E-state index contributed by atoms with van der Waals surface area (Å²) in [5, 5.41) is 43.6. The Morgan fingerprint density at radius 1 is 0.938 bits per heavy atom. The maximum absolute atomic E-state index is 13.1. The molecule has 0 bridgehead atoms. The van der Waals surface area contributed by atoms with Crippen molar-refractivity contribution in [2.45, 2.75) is 57.9 Å². The molecule has 0 saturated heterocycles. The van der Waals surface area contributed by atoms with Crippen LogP contribution < -0.4 is 15.5 Å². The van der Waals surface area contributed by atoms with Crippen LogP contribution in [0.1, 0.15) is 60.5 Å². The second kappa shape index (κ2) is 19.8. The van der Waals surface area contributed by atoms with Crippen molar-refractivity contribution < 1.29 is 54.0 Å². The predicted molar refractivity (Wildman–Crippen MR) is 177 cm³/mol. The molecule has 0 radical (unpaired) electrons. The molecule has 14 nitrogen and oxygen atoms in total. The van der Waals surface area contributed by atoms with E-state index in [1.807, 2.05) is 6.26 Å². The van der Waals surface area contributed by atoms with E-state index in [-0.39, 0.29) is 60.5 Å². The molecule has 2 rings (SSSR count). The first-order valence-electron chi connectivity index (χ1n) is 15.2. The maximum Gasteiger partial charge on any atom is 0.395 e. The van der Waals surface area contributed by atoms with Crippen LogP contribution in [0.5, 0.6) is 0 Å². The SMILES string of the molecule is CSCC[C@H](CC(=O)CCCCNC(=O)C(Cc1ccc(N(C(=O)C(=O)O)c2ccccc2C(=O)O)c(CCO)c1)NC(C)=O)C(=O)O. The molecule has 3 amide bonds. The van der Waals surface area contributed by atoms with Gasteiger partial charge in [0, 0.05) is 39.3 Å². The molecule has 6 N–H and O–H groups in total. The smallest absolute Gasteiger partial charge is 0.395 e. The van der Waals surface area contributed by atoms with Gasteiger partial charge in [-0.2, -0.15) is 11.8 Å². The van der Waals surface area contributed by atoms with Gasteiger partial charge in [-0.1, -0.05) is 24.3 Å². The van der Waals surface area contributed by atoms with Crippen molar-refractivity contribution in [1.82, 2.24) is 10.6 Å². The second-order valence-corrected chi connectivity index (χ2v) is 12.0. The summed E-state index contributed by atoms with van der Waals surface area (Å²) >= 11 is 1.51. The lowest BCUT2D eigenvalue weighted by Gasteiger charge is -2.26. The fourth-order valence-corrected chi connectivity index (χ4v) is 5.54. The van der Waals surface area contributed by atoms with Crippen LogP contribution in [-0.4, -0.2) is 93.0 Å². The molecule has 0 saturated carbocycles. The Morgan fingerprint density at radius 3 is 2.25 bits per heavy atom. The summed E-state index contributed by atoms with van der Waals surface area (Å²) in [6, 6.07) is 8.76. The number of carbonyl (C=O) groups is 7. The molecule has 0 aromatic heterocycles. The number of hydrogen-bond acceptors (Lipinski definition) is 9. The number of nitrogens with one attached hydrogen (secondary N) is 2. The number of anilines is 2. The van der Waals surface area contributed by atoms with Crippen LogP contribution in [0.25, 0.3) is 0 Å². The summed E-state index contributed by atoms with van der Waals surface area (Å²) in [5.41, 5.74) is 0.274. The lowest BCUT2D eigenvalue weighted by atomic mass is 9.97. The van der Waals surface area contributed by atoms with Crippen LogP contribution in [0.3, 0.4) is 0 Å². The average molecular weight is 688 g/mol. The number of aromatic carboxylic acids is 1. The summed E-state index contributed by atoms with van der Waals surface area (Å²) in [7, 11) is 0. The largest absolute Gasteiger partial charge is 0.481 e. The Labute approximate surface area is 281 Å². The first-order valence-corrected chi connectivity index (χ1v) is 16.6. The summed E-state index contributed by atoms with van der Waals surface area (Å²) in [5.74, 6) is -6.89. The number of para-hydroxylation sites is 1. The normalized spacial score (nSPS) is 12.0. The molecule has 1 unspecified atom stereocenters. The van der Waals surface area contributed by atoms with Crippen molar-refractivity contribution >= 4 is 64.5 Å². The predicted octanol–water partition coefficient (Wildman–Crippen LogP) is 2.42. The summed E-state index contributed by atoms with van der Waals surface area (Å²) in [4.78, 5) is 86.0. The number of rotatable bonds is 20. The molecule has 2 aromatic carbocycles. The number of carboxylic acid groups (broad SMARTS) is 3. The minimum Gasteiger partial charge on any atom is -0.481 e. The number of benzene rings is 2. The number of amides is 3. The highest BCUT2D eigenvalue weighted by atomic mass is 32.2. The van der Waals surface area contributed by atoms with Gasteiger partial charge in [-0.25, -0.2) is 9.59 Å². The van der Waals surface area contributed by atoms with Crippen molar-refractivity contribution in [2.75, 3.05) is 30.1 Å². The number of aliphatic carboxylic acids is 2. The molecule has 0 aliphatic rings. The fraction of sp³-hybridized carbons (Fsp3) is 0.424. The number of nitrogens with zero attached hydrogens (tertiary/aromatic N) is 1. The van der Waals surface area contributed by atoms with Crippen molar-refractivity contribution in [3.8, 4) is 0 Å². The van der Waals surface area contributed by atoms with Crippen LogP contribution in [0.4, 0.5) is 11.4 Å². The van der Waals surface area contributed by atoms with Gasteiger partial charge in [0.15, 0.2) is 0 Å². The van der Waals surface area contributed by atoms with Gasteiger partial charge in [-0.15, -0.1) is 0 Å². The van der Waals surface area contributed by atoms with Gasteiger partial charge >= 0.3 is 23.8 Å².